The number of nitrogens with one attached hydrogen (secondary N) is 4. The van der Waals surface area contributed by atoms with E-state index in [4.69, 9.17) is 51.9 Å². The average molecular weight is 1520 g/mol. The second-order valence-corrected chi connectivity index (χ2v) is 27.0. The average Bonchev–Trinajstić information content (AvgIpc) is 0.947. The van der Waals surface area contributed by atoms with Gasteiger partial charge in [0.15, 0.2) is 25.2 Å². The van der Waals surface area contributed by atoms with Crippen LogP contribution in [0.2, 0.25) is 0 Å². The first-order chi connectivity index (χ1) is 49.6. The number of amides is 4. The summed E-state index contributed by atoms with van der Waals surface area (Å²) in [5, 5.41) is 205. The Balaban J connectivity index is 0.0000198. The maximum absolute atomic E-state index is 13.7. The van der Waals surface area contributed by atoms with E-state index in [9.17, 15) is 111 Å². The Morgan fingerprint density at radius 2 is 1.11 bits per heavy atom. The molecule has 0 aliphatic carbocycles. The predicted octanol–water partition coefficient (Wildman–Crippen LogP) is -6.38. The largest absolute Gasteiger partial charge is 0.544 e. The van der Waals surface area contributed by atoms with Crippen molar-refractivity contribution >= 4 is 35.5 Å². The molecular weight excluding hydrogens is 1400 g/mol. The third-order valence-corrected chi connectivity index (χ3v) is 18.8. The van der Waals surface area contributed by atoms with E-state index in [-0.39, 0.29) is 24.9 Å². The number of aliphatic hydroxyl groups is 16. The number of ether oxygens (including phenoxy) is 10. The number of carboxylic acids is 1. The fourth-order valence-corrected chi connectivity index (χ4v) is 13.1. The summed E-state index contributed by atoms with van der Waals surface area (Å²) in [6.45, 7) is -0.658. The standard InChI is InChI=1S/C66H111N5O33.H3N/c1-5-6-7-8-9-10-11-12-13-14-15-16-17-18-19-22-43(82)69-35(36(79)21-20-23-44(83)70-45-24-32(2)71-104-45)31-94-62-54(90)52(88)56(41(29-75)97-62)99-64-55(91)60(103-66(65(92)93)25-37(80)46(67-33(3)77)59(102-66)48(84)38(81)26-72)57(42(30-76)98-64)100-61-47(68-34(4)78)58(50(86)40(28-74)95-61)101-63-53(89)51(87)49(85)39(27-73)96-63;/h20-21,24,35-42,46-64,72-76,79-81,84-91H,5-19,22-23,25-31H2,1-4H3,(H,67,77)(H,68,78)(H,69,82)(H,70,83)(H,92,93);1H3/b21-20+;/t35-,36+,37-,38+,39+,40+,41+,42+,46?,47+,48+,49-,50-,51-,52+,53+,54+,55+,56+,57-,58+,59?,60+,61-,62+,63-,64-,66-;/m0./s1. The highest BCUT2D eigenvalue weighted by Gasteiger charge is 2.61. The van der Waals surface area contributed by atoms with Gasteiger partial charge in [0.25, 0.3) is 0 Å². The molecule has 1 aromatic rings. The van der Waals surface area contributed by atoms with E-state index in [2.05, 4.69) is 33.3 Å². The molecule has 24 N–H and O–H groups in total. The van der Waals surface area contributed by atoms with Gasteiger partial charge >= 0.3 is 0 Å². The molecule has 5 saturated heterocycles. The molecule has 5 aliphatic rings. The van der Waals surface area contributed by atoms with Crippen LogP contribution < -0.4 is 32.5 Å². The summed E-state index contributed by atoms with van der Waals surface area (Å²) in [6, 6.07) is -3.61. The van der Waals surface area contributed by atoms with Crippen LogP contribution in [0.5, 0.6) is 0 Å². The molecule has 4 amide bonds. The Labute approximate surface area is 606 Å². The van der Waals surface area contributed by atoms with E-state index in [0.29, 0.717) is 12.1 Å². The Bertz CT molecular complexity index is 2760. The second kappa shape index (κ2) is 44.8. The number of quaternary nitrogens is 1. The van der Waals surface area contributed by atoms with Crippen molar-refractivity contribution < 1.29 is 163 Å². The number of aryl methyl sites for hydroxylation is 1. The van der Waals surface area contributed by atoms with Gasteiger partial charge in [-0.1, -0.05) is 114 Å². The number of rotatable bonds is 43. The first-order valence-electron chi connectivity index (χ1n) is 35.6. The summed E-state index contributed by atoms with van der Waals surface area (Å²) in [5.41, 5.74) is 0.496. The molecule has 0 aromatic carbocycles. The summed E-state index contributed by atoms with van der Waals surface area (Å²) in [7, 11) is 0. The number of anilines is 1. The van der Waals surface area contributed by atoms with Gasteiger partial charge in [0.05, 0.1) is 69.6 Å². The first kappa shape index (κ1) is 90.8. The third kappa shape index (κ3) is 25.6. The summed E-state index contributed by atoms with van der Waals surface area (Å²) in [6.07, 6.45) is -33.4. The van der Waals surface area contributed by atoms with Gasteiger partial charge in [0, 0.05) is 39.2 Å². The Kier molecular flexibility index (Phi) is 38.7. The van der Waals surface area contributed by atoms with Crippen molar-refractivity contribution in [1.29, 1.82) is 0 Å². The maximum Gasteiger partial charge on any atom is 0.231 e. The van der Waals surface area contributed by atoms with Gasteiger partial charge in [-0.05, 0) is 13.3 Å². The fraction of sp³-hybridized carbons (Fsp3) is 0.848. The number of aliphatic hydroxyl groups excluding tert-OH is 16. The van der Waals surface area contributed by atoms with Crippen LogP contribution in [0.25, 0.3) is 0 Å². The van der Waals surface area contributed by atoms with Crippen molar-refractivity contribution in [3.05, 3.63) is 23.9 Å². The van der Waals surface area contributed by atoms with Crippen LogP contribution in [-0.2, 0) is 71.3 Å². The maximum atomic E-state index is 13.7. The molecule has 6 rings (SSSR count). The first-order valence-corrected chi connectivity index (χ1v) is 35.6. The number of hydrogen-bond donors (Lipinski definition) is 21. The minimum Gasteiger partial charge on any atom is -0.544 e. The molecule has 105 heavy (non-hydrogen) atoms. The van der Waals surface area contributed by atoms with Crippen LogP contribution in [0.3, 0.4) is 0 Å². The predicted molar refractivity (Wildman–Crippen MR) is 355 cm³/mol. The van der Waals surface area contributed by atoms with Crippen molar-refractivity contribution in [2.45, 2.75) is 314 Å². The number of nitrogens with zero attached hydrogens (tertiary/aromatic N) is 1. The molecule has 39 heteroatoms. The lowest BCUT2D eigenvalue weighted by Crippen LogP contribution is -2.73. The van der Waals surface area contributed by atoms with Crippen molar-refractivity contribution in [3.8, 4) is 0 Å². The quantitative estimate of drug-likeness (QED) is 0.0214. The van der Waals surface area contributed by atoms with Crippen molar-refractivity contribution in [3.63, 3.8) is 0 Å². The van der Waals surface area contributed by atoms with Gasteiger partial charge in [-0.2, -0.15) is 0 Å². The van der Waals surface area contributed by atoms with Crippen molar-refractivity contribution in [2.24, 2.45) is 0 Å². The molecule has 0 spiro atoms. The molecule has 6 heterocycles. The Morgan fingerprint density at radius 3 is 1.67 bits per heavy atom. The molecule has 28 atom stereocenters. The van der Waals surface area contributed by atoms with Crippen molar-refractivity contribution in [2.75, 3.05) is 45.0 Å². The van der Waals surface area contributed by atoms with Gasteiger partial charge in [-0.25, -0.2) is 0 Å². The van der Waals surface area contributed by atoms with E-state index >= 15 is 0 Å². The lowest BCUT2D eigenvalue weighted by Gasteiger charge is -2.54. The van der Waals surface area contributed by atoms with Crippen molar-refractivity contribution in [1.82, 2.24) is 27.3 Å². The lowest BCUT2D eigenvalue weighted by molar-refractivity contribution is -0.421. The Hall–Kier alpha value is -4.78. The van der Waals surface area contributed by atoms with Crippen LogP contribution in [0, 0.1) is 6.92 Å². The van der Waals surface area contributed by atoms with E-state index in [1.165, 1.54) is 69.6 Å². The molecule has 2 unspecified atom stereocenters. The zero-order valence-corrected chi connectivity index (χ0v) is 59.8. The minimum atomic E-state index is -3.52. The van der Waals surface area contributed by atoms with Crippen LogP contribution in [0.15, 0.2) is 22.7 Å². The number of carboxylic acid groups (broad SMARTS) is 1. The molecular formula is C66H114N6O33. The van der Waals surface area contributed by atoms with E-state index in [1.54, 1.807) is 6.92 Å². The van der Waals surface area contributed by atoms with Gasteiger partial charge in [0.1, 0.15) is 122 Å². The number of aliphatic carboxylic acids is 1. The van der Waals surface area contributed by atoms with Gasteiger partial charge in [0.2, 0.25) is 35.3 Å². The summed E-state index contributed by atoms with van der Waals surface area (Å²) in [4.78, 5) is 65.4. The van der Waals surface area contributed by atoms with Gasteiger partial charge < -0.3 is 166 Å². The molecule has 39 nitrogen and oxygen atoms in total. The topological polar surface area (TPSA) is 635 Å². The molecule has 0 saturated carbocycles. The zero-order valence-electron chi connectivity index (χ0n) is 59.8. The molecule has 5 fully saturated rings. The third-order valence-electron chi connectivity index (χ3n) is 18.8. The summed E-state index contributed by atoms with van der Waals surface area (Å²) < 4.78 is 64.4. The number of carbonyl (C=O) groups excluding carboxylic acids is 5. The zero-order chi connectivity index (χ0) is 76.5. The summed E-state index contributed by atoms with van der Waals surface area (Å²) >= 11 is 0. The smallest absolute Gasteiger partial charge is 0.231 e. The highest BCUT2D eigenvalue weighted by Crippen LogP contribution is 2.41. The van der Waals surface area contributed by atoms with Crippen LogP contribution in [-0.4, -0.2) is 327 Å². The summed E-state index contributed by atoms with van der Waals surface area (Å²) in [5.74, 6) is -8.80. The number of aromatic nitrogens is 1. The molecule has 606 valence electrons. The van der Waals surface area contributed by atoms with Crippen LogP contribution in [0.4, 0.5) is 5.88 Å². The van der Waals surface area contributed by atoms with E-state index < -0.39 is 247 Å². The molecule has 0 radical (unpaired) electrons. The van der Waals surface area contributed by atoms with E-state index in [1.807, 2.05) is 0 Å². The van der Waals surface area contributed by atoms with Gasteiger partial charge in [-0.3, -0.25) is 24.5 Å². The van der Waals surface area contributed by atoms with E-state index in [0.717, 1.165) is 52.4 Å². The second-order valence-electron chi connectivity index (χ2n) is 27.0. The molecule has 5 aliphatic heterocycles. The normalized spacial score (nSPS) is 34.8. The van der Waals surface area contributed by atoms with Crippen LogP contribution >= 0.6 is 0 Å². The fourth-order valence-electron chi connectivity index (χ4n) is 13.1. The number of hydrogen-bond acceptors (Lipinski definition) is 34. The highest BCUT2D eigenvalue weighted by molar-refractivity contribution is 5.90. The lowest BCUT2D eigenvalue weighted by atomic mass is 9.88. The van der Waals surface area contributed by atoms with Crippen LogP contribution in [0.1, 0.15) is 142 Å². The number of carbonyl (C=O) groups is 5. The minimum absolute atomic E-state index is 0. The molecule has 1 aromatic heterocycles. The Morgan fingerprint density at radius 1 is 0.610 bits per heavy atom. The SMILES string of the molecule is CCCCCCCCCCCCCCCCCC(=O)N[C@@H](CO[C@@H]1O[C@H](CO)[C@@H](O[C@@H]2O[C@H](CO)[C@H](O[C@@H]3O[C@H](CO)[C@H](O)[C@H](O[C@@H]4O[C@H](CO)[C@H](O)[C@H](O)[C@H]4O)[C@H]3NC(C)=O)[C@H](O[C@]3(C(=O)[O-])C[C@H](O)C(NC(C)=O)C([C@H](O)[C@H](O)CO)O3)[C@H]2O)[C@H](O)[C@H]1O)[C@H](O)/C=C/CC(=O)Nc1cc(C)no1.[NH4+]. The monoisotopic (exact) mass is 1520 g/mol. The highest BCUT2D eigenvalue weighted by atomic mass is 16.8. The number of unbranched alkanes of at least 4 members (excludes halogenated alkanes) is 14. The molecule has 0 bridgehead atoms. The van der Waals surface area contributed by atoms with Gasteiger partial charge in [-0.15, -0.1) is 0 Å².